The Labute approximate surface area is 78.7 Å². The number of benzene rings is 1. The SMILES string of the molecule is CSNc1c(C)cc(C)cc1C. The van der Waals surface area contributed by atoms with Crippen molar-refractivity contribution in [2.45, 2.75) is 20.8 Å². The summed E-state index contributed by atoms with van der Waals surface area (Å²) in [5.41, 5.74) is 5.23. The summed E-state index contributed by atoms with van der Waals surface area (Å²) in [5.74, 6) is 0. The lowest BCUT2D eigenvalue weighted by Crippen LogP contribution is -1.93. The fourth-order valence-electron chi connectivity index (χ4n) is 1.44. The summed E-state index contributed by atoms with van der Waals surface area (Å²) in [5, 5.41) is 0. The van der Waals surface area contributed by atoms with Gasteiger partial charge in [-0.25, -0.2) is 0 Å². The van der Waals surface area contributed by atoms with Crippen LogP contribution in [0.2, 0.25) is 0 Å². The van der Waals surface area contributed by atoms with Crippen LogP contribution in [-0.2, 0) is 0 Å². The summed E-state index contributed by atoms with van der Waals surface area (Å²) >= 11 is 1.64. The van der Waals surface area contributed by atoms with Gasteiger partial charge in [0, 0.05) is 11.9 Å². The van der Waals surface area contributed by atoms with Crippen LogP contribution in [0.15, 0.2) is 12.1 Å². The first-order chi connectivity index (χ1) is 5.65. The van der Waals surface area contributed by atoms with Crippen LogP contribution in [0.5, 0.6) is 0 Å². The molecule has 0 heterocycles. The molecule has 0 spiro atoms. The molecule has 0 aliphatic heterocycles. The van der Waals surface area contributed by atoms with Crippen LogP contribution in [0.1, 0.15) is 16.7 Å². The Morgan fingerprint density at radius 2 is 1.58 bits per heavy atom. The van der Waals surface area contributed by atoms with Crippen molar-refractivity contribution in [1.29, 1.82) is 0 Å². The van der Waals surface area contributed by atoms with Crippen molar-refractivity contribution < 1.29 is 0 Å². The second-order valence-electron chi connectivity index (χ2n) is 3.08. The highest BCUT2D eigenvalue weighted by atomic mass is 32.2. The molecular weight excluding hydrogens is 166 g/mol. The summed E-state index contributed by atoms with van der Waals surface area (Å²) < 4.78 is 3.29. The molecule has 2 heteroatoms. The Bertz CT molecular complexity index is 258. The third-order valence-corrected chi connectivity index (χ3v) is 2.29. The zero-order valence-corrected chi connectivity index (χ0v) is 8.88. The maximum absolute atomic E-state index is 3.29. The van der Waals surface area contributed by atoms with E-state index < -0.39 is 0 Å². The van der Waals surface area contributed by atoms with E-state index in [4.69, 9.17) is 0 Å². The molecule has 1 N–H and O–H groups in total. The maximum atomic E-state index is 3.29. The zero-order chi connectivity index (χ0) is 9.14. The molecule has 0 atom stereocenters. The van der Waals surface area contributed by atoms with Gasteiger partial charge in [-0.3, -0.25) is 0 Å². The Morgan fingerprint density at radius 1 is 1.08 bits per heavy atom. The van der Waals surface area contributed by atoms with Gasteiger partial charge in [-0.1, -0.05) is 29.6 Å². The van der Waals surface area contributed by atoms with Crippen molar-refractivity contribution in [3.8, 4) is 0 Å². The monoisotopic (exact) mass is 181 g/mol. The minimum Gasteiger partial charge on any atom is -0.329 e. The smallest absolute Gasteiger partial charge is 0.0498 e. The van der Waals surface area contributed by atoms with E-state index in [0.29, 0.717) is 0 Å². The van der Waals surface area contributed by atoms with E-state index in [-0.39, 0.29) is 0 Å². The highest BCUT2D eigenvalue weighted by Crippen LogP contribution is 2.23. The van der Waals surface area contributed by atoms with E-state index in [0.717, 1.165) is 0 Å². The van der Waals surface area contributed by atoms with Gasteiger partial charge in [-0.15, -0.1) is 0 Å². The molecule has 0 saturated heterocycles. The van der Waals surface area contributed by atoms with E-state index >= 15 is 0 Å². The first-order valence-corrected chi connectivity index (χ1v) is 5.24. The second-order valence-corrected chi connectivity index (χ2v) is 3.69. The quantitative estimate of drug-likeness (QED) is 0.703. The Balaban J connectivity index is 3.10. The predicted molar refractivity (Wildman–Crippen MR) is 57.8 cm³/mol. The molecule has 0 aliphatic rings. The van der Waals surface area contributed by atoms with Crippen LogP contribution in [0.4, 0.5) is 5.69 Å². The molecule has 1 rings (SSSR count). The van der Waals surface area contributed by atoms with Gasteiger partial charge >= 0.3 is 0 Å². The van der Waals surface area contributed by atoms with Crippen molar-refractivity contribution in [2.24, 2.45) is 0 Å². The minimum atomic E-state index is 1.26. The number of anilines is 1. The molecule has 0 amide bonds. The predicted octanol–water partition coefficient (Wildman–Crippen LogP) is 3.30. The van der Waals surface area contributed by atoms with E-state index in [1.807, 2.05) is 6.26 Å². The van der Waals surface area contributed by atoms with Crippen molar-refractivity contribution in [3.63, 3.8) is 0 Å². The molecule has 0 unspecified atom stereocenters. The molecule has 0 aromatic heterocycles. The lowest BCUT2D eigenvalue weighted by molar-refractivity contribution is 1.33. The van der Waals surface area contributed by atoms with Gasteiger partial charge in [0.15, 0.2) is 0 Å². The number of rotatable bonds is 2. The molecule has 0 fully saturated rings. The number of hydrogen-bond donors (Lipinski definition) is 1. The van der Waals surface area contributed by atoms with Crippen molar-refractivity contribution in [3.05, 3.63) is 28.8 Å². The molecule has 1 aromatic rings. The van der Waals surface area contributed by atoms with Gasteiger partial charge in [0.25, 0.3) is 0 Å². The average molecular weight is 181 g/mol. The Morgan fingerprint density at radius 3 is 2.00 bits per heavy atom. The normalized spacial score (nSPS) is 10.0. The third-order valence-electron chi connectivity index (χ3n) is 1.88. The standard InChI is InChI=1S/C10H15NS/c1-7-5-8(2)10(11-12-4)9(3)6-7/h5-6,11H,1-4H3. The van der Waals surface area contributed by atoms with Crippen molar-refractivity contribution in [2.75, 3.05) is 11.0 Å². The maximum Gasteiger partial charge on any atom is 0.0498 e. The molecule has 0 bridgehead atoms. The second kappa shape index (κ2) is 3.85. The van der Waals surface area contributed by atoms with Crippen LogP contribution in [-0.4, -0.2) is 6.26 Å². The van der Waals surface area contributed by atoms with Crippen LogP contribution in [0, 0.1) is 20.8 Å². The molecule has 0 radical (unpaired) electrons. The Hall–Kier alpha value is -0.630. The minimum absolute atomic E-state index is 1.26. The first kappa shape index (κ1) is 9.46. The van der Waals surface area contributed by atoms with Gasteiger partial charge in [0.05, 0.1) is 0 Å². The molecule has 1 nitrogen and oxygen atoms in total. The van der Waals surface area contributed by atoms with Crippen LogP contribution < -0.4 is 4.72 Å². The van der Waals surface area contributed by atoms with E-state index in [1.165, 1.54) is 22.4 Å². The fraction of sp³-hybridized carbons (Fsp3) is 0.400. The van der Waals surface area contributed by atoms with Gasteiger partial charge in [-0.05, 0) is 31.9 Å². The highest BCUT2D eigenvalue weighted by molar-refractivity contribution is 7.99. The third kappa shape index (κ3) is 1.95. The molecule has 0 aliphatic carbocycles. The number of hydrogen-bond acceptors (Lipinski definition) is 2. The number of nitrogens with one attached hydrogen (secondary N) is 1. The largest absolute Gasteiger partial charge is 0.329 e. The molecule has 66 valence electrons. The van der Waals surface area contributed by atoms with Gasteiger partial charge in [0.2, 0.25) is 0 Å². The fourth-order valence-corrected chi connectivity index (χ4v) is 1.97. The Kier molecular flexibility index (Phi) is 3.04. The number of aryl methyl sites for hydroxylation is 3. The lowest BCUT2D eigenvalue weighted by Gasteiger charge is -2.10. The zero-order valence-electron chi connectivity index (χ0n) is 8.06. The summed E-state index contributed by atoms with van der Waals surface area (Å²) in [7, 11) is 0. The highest BCUT2D eigenvalue weighted by Gasteiger charge is 2.01. The summed E-state index contributed by atoms with van der Waals surface area (Å²) in [6.45, 7) is 6.40. The van der Waals surface area contributed by atoms with E-state index in [9.17, 15) is 0 Å². The topological polar surface area (TPSA) is 12.0 Å². The van der Waals surface area contributed by atoms with Crippen molar-refractivity contribution in [1.82, 2.24) is 0 Å². The molecular formula is C10H15NS. The summed E-state index contributed by atoms with van der Waals surface area (Å²) in [4.78, 5) is 0. The van der Waals surface area contributed by atoms with Gasteiger partial charge in [-0.2, -0.15) is 0 Å². The molecule has 0 saturated carbocycles. The molecule has 1 aromatic carbocycles. The lowest BCUT2D eigenvalue weighted by atomic mass is 10.1. The van der Waals surface area contributed by atoms with E-state index in [1.54, 1.807) is 11.9 Å². The van der Waals surface area contributed by atoms with Gasteiger partial charge in [0.1, 0.15) is 0 Å². The van der Waals surface area contributed by atoms with Crippen LogP contribution in [0.25, 0.3) is 0 Å². The van der Waals surface area contributed by atoms with Crippen LogP contribution in [0.3, 0.4) is 0 Å². The van der Waals surface area contributed by atoms with Crippen molar-refractivity contribution >= 4 is 17.6 Å². The average Bonchev–Trinajstić information content (AvgIpc) is 1.96. The molecule has 12 heavy (non-hydrogen) atoms. The van der Waals surface area contributed by atoms with E-state index in [2.05, 4.69) is 37.6 Å². The van der Waals surface area contributed by atoms with Crippen LogP contribution >= 0.6 is 11.9 Å². The summed E-state index contributed by atoms with van der Waals surface area (Å²) in [6, 6.07) is 4.40. The van der Waals surface area contributed by atoms with Gasteiger partial charge < -0.3 is 4.72 Å². The first-order valence-electron chi connectivity index (χ1n) is 4.02. The summed E-state index contributed by atoms with van der Waals surface area (Å²) in [6.07, 6.45) is 2.04.